The third kappa shape index (κ3) is 4.43. The first-order valence-corrected chi connectivity index (χ1v) is 7.11. The number of methoxy groups -OCH3 is 2. The van der Waals surface area contributed by atoms with Crippen LogP contribution in [0.5, 0.6) is 5.75 Å². The van der Waals surface area contributed by atoms with Gasteiger partial charge in [-0.15, -0.1) is 0 Å². The highest BCUT2D eigenvalue weighted by Crippen LogP contribution is 2.23. The summed E-state index contributed by atoms with van der Waals surface area (Å²) in [6.45, 7) is 5.88. The van der Waals surface area contributed by atoms with Gasteiger partial charge in [-0.3, -0.25) is 10.1 Å². The number of carbonyl (C=O) groups excluding carboxylic acids is 1. The van der Waals surface area contributed by atoms with Crippen molar-refractivity contribution in [2.24, 2.45) is 5.92 Å². The smallest absolute Gasteiger partial charge is 0.323 e. The summed E-state index contributed by atoms with van der Waals surface area (Å²) in [5, 5.41) is 3.22. The van der Waals surface area contributed by atoms with Gasteiger partial charge in [-0.25, -0.2) is 4.39 Å². The van der Waals surface area contributed by atoms with E-state index < -0.39 is 11.9 Å². The lowest BCUT2D eigenvalue weighted by Crippen LogP contribution is -2.43. The van der Waals surface area contributed by atoms with Crippen molar-refractivity contribution in [3.63, 3.8) is 0 Å². The number of rotatable bonds is 7. The highest BCUT2D eigenvalue weighted by Gasteiger charge is 2.26. The zero-order valence-electron chi connectivity index (χ0n) is 13.3. The Kier molecular flexibility index (Phi) is 6.62. The number of nitrogens with one attached hydrogen (secondary N) is 1. The van der Waals surface area contributed by atoms with Gasteiger partial charge in [0.2, 0.25) is 0 Å². The number of benzene rings is 1. The molecule has 0 aliphatic carbocycles. The van der Waals surface area contributed by atoms with E-state index in [1.54, 1.807) is 12.1 Å². The predicted molar refractivity (Wildman–Crippen MR) is 79.8 cm³/mol. The van der Waals surface area contributed by atoms with Crippen LogP contribution in [0.25, 0.3) is 0 Å². The van der Waals surface area contributed by atoms with Crippen LogP contribution >= 0.6 is 0 Å². The van der Waals surface area contributed by atoms with Crippen LogP contribution < -0.4 is 10.1 Å². The van der Waals surface area contributed by atoms with Gasteiger partial charge >= 0.3 is 5.97 Å². The molecule has 0 aromatic heterocycles. The Morgan fingerprint density at radius 3 is 2.48 bits per heavy atom. The van der Waals surface area contributed by atoms with Crippen LogP contribution in [0.1, 0.15) is 38.8 Å². The topological polar surface area (TPSA) is 47.6 Å². The first-order valence-electron chi connectivity index (χ1n) is 7.11. The van der Waals surface area contributed by atoms with Crippen LogP contribution in [0.4, 0.5) is 4.39 Å². The Morgan fingerprint density at radius 1 is 1.33 bits per heavy atom. The third-order valence-corrected chi connectivity index (χ3v) is 3.77. The molecule has 0 spiro atoms. The van der Waals surface area contributed by atoms with Gasteiger partial charge in [-0.05, 0) is 30.5 Å². The summed E-state index contributed by atoms with van der Waals surface area (Å²) in [7, 11) is 2.80. The largest absolute Gasteiger partial charge is 0.494 e. The fourth-order valence-corrected chi connectivity index (χ4v) is 2.14. The molecule has 0 radical (unpaired) electrons. The van der Waals surface area contributed by atoms with E-state index in [9.17, 15) is 9.18 Å². The molecule has 3 atom stereocenters. The molecule has 0 amide bonds. The molecule has 5 heteroatoms. The molecule has 0 aliphatic rings. The molecule has 0 saturated carbocycles. The lowest BCUT2D eigenvalue weighted by Gasteiger charge is -2.26. The Balaban J connectivity index is 2.88. The molecule has 1 N–H and O–H groups in total. The second-order valence-corrected chi connectivity index (χ2v) is 5.17. The standard InChI is InChI=1S/C16H24FNO3/c1-6-10(2)15(16(19)21-5)18-11(3)12-7-8-14(20-4)13(17)9-12/h7-11,15,18H,6H2,1-5H3. The van der Waals surface area contributed by atoms with Gasteiger partial charge in [0.1, 0.15) is 6.04 Å². The number of hydrogen-bond donors (Lipinski definition) is 1. The molecule has 1 aromatic rings. The monoisotopic (exact) mass is 297 g/mol. The molecule has 0 fully saturated rings. The normalized spacial score (nSPS) is 15.1. The molecule has 21 heavy (non-hydrogen) atoms. The van der Waals surface area contributed by atoms with E-state index in [0.717, 1.165) is 12.0 Å². The number of hydrogen-bond acceptors (Lipinski definition) is 4. The molecule has 0 bridgehead atoms. The molecular weight excluding hydrogens is 273 g/mol. The average molecular weight is 297 g/mol. The molecule has 1 aromatic carbocycles. The number of ether oxygens (including phenoxy) is 2. The number of halogens is 1. The highest BCUT2D eigenvalue weighted by molar-refractivity contribution is 5.76. The maximum absolute atomic E-state index is 13.8. The maximum atomic E-state index is 13.8. The van der Waals surface area contributed by atoms with Crippen molar-refractivity contribution < 1.29 is 18.7 Å². The minimum atomic E-state index is -0.417. The predicted octanol–water partition coefficient (Wildman–Crippen LogP) is 3.07. The summed E-state index contributed by atoms with van der Waals surface area (Å²) in [5.41, 5.74) is 0.755. The molecule has 118 valence electrons. The molecule has 3 unspecified atom stereocenters. The van der Waals surface area contributed by atoms with Crippen LogP contribution in [-0.4, -0.2) is 26.2 Å². The van der Waals surface area contributed by atoms with E-state index in [4.69, 9.17) is 9.47 Å². The Hall–Kier alpha value is -1.62. The second kappa shape index (κ2) is 7.98. The zero-order valence-corrected chi connectivity index (χ0v) is 13.3. The third-order valence-electron chi connectivity index (χ3n) is 3.77. The van der Waals surface area contributed by atoms with Gasteiger partial charge in [0.15, 0.2) is 11.6 Å². The summed E-state index contributed by atoms with van der Waals surface area (Å²) in [4.78, 5) is 11.9. The summed E-state index contributed by atoms with van der Waals surface area (Å²) >= 11 is 0. The summed E-state index contributed by atoms with van der Waals surface area (Å²) < 4.78 is 23.5. The molecule has 1 rings (SSSR count). The van der Waals surface area contributed by atoms with E-state index in [2.05, 4.69) is 5.32 Å². The van der Waals surface area contributed by atoms with Crippen LogP contribution in [-0.2, 0) is 9.53 Å². The Labute approximate surface area is 125 Å². The van der Waals surface area contributed by atoms with E-state index in [1.807, 2.05) is 20.8 Å². The average Bonchev–Trinajstić information content (AvgIpc) is 2.50. The Bertz CT molecular complexity index is 479. The number of carbonyl (C=O) groups is 1. The molecule has 0 saturated heterocycles. The van der Waals surface area contributed by atoms with E-state index in [1.165, 1.54) is 20.3 Å². The van der Waals surface area contributed by atoms with Gasteiger partial charge in [0, 0.05) is 6.04 Å². The highest BCUT2D eigenvalue weighted by atomic mass is 19.1. The van der Waals surface area contributed by atoms with Crippen molar-refractivity contribution in [1.29, 1.82) is 0 Å². The molecule has 0 heterocycles. The van der Waals surface area contributed by atoms with Crippen molar-refractivity contribution in [2.75, 3.05) is 14.2 Å². The lowest BCUT2D eigenvalue weighted by molar-refractivity contribution is -0.144. The van der Waals surface area contributed by atoms with Gasteiger partial charge < -0.3 is 9.47 Å². The van der Waals surface area contributed by atoms with Gasteiger partial charge in [-0.2, -0.15) is 0 Å². The first kappa shape index (κ1) is 17.4. The minimum absolute atomic E-state index is 0.128. The molecule has 4 nitrogen and oxygen atoms in total. The fraction of sp³-hybridized carbons (Fsp3) is 0.562. The molecular formula is C16H24FNO3. The number of esters is 1. The maximum Gasteiger partial charge on any atom is 0.323 e. The first-order chi connectivity index (χ1) is 9.94. The minimum Gasteiger partial charge on any atom is -0.494 e. The van der Waals surface area contributed by atoms with Crippen LogP contribution in [0.3, 0.4) is 0 Å². The van der Waals surface area contributed by atoms with Crippen molar-refractivity contribution in [2.45, 2.75) is 39.3 Å². The van der Waals surface area contributed by atoms with Crippen molar-refractivity contribution in [1.82, 2.24) is 5.32 Å². The van der Waals surface area contributed by atoms with Gasteiger partial charge in [0.25, 0.3) is 0 Å². The quantitative estimate of drug-likeness (QED) is 0.786. The lowest BCUT2D eigenvalue weighted by atomic mass is 9.97. The van der Waals surface area contributed by atoms with Crippen LogP contribution in [0, 0.1) is 11.7 Å². The fourth-order valence-electron chi connectivity index (χ4n) is 2.14. The van der Waals surface area contributed by atoms with Crippen LogP contribution in [0.15, 0.2) is 18.2 Å². The van der Waals surface area contributed by atoms with Crippen molar-refractivity contribution in [3.8, 4) is 5.75 Å². The second-order valence-electron chi connectivity index (χ2n) is 5.17. The van der Waals surface area contributed by atoms with Gasteiger partial charge in [-0.1, -0.05) is 26.3 Å². The summed E-state index contributed by atoms with van der Waals surface area (Å²) in [6, 6.07) is 4.19. The van der Waals surface area contributed by atoms with E-state index in [0.29, 0.717) is 0 Å². The Morgan fingerprint density at radius 2 is 2.00 bits per heavy atom. The molecule has 0 aliphatic heterocycles. The van der Waals surface area contributed by atoms with Crippen LogP contribution in [0.2, 0.25) is 0 Å². The zero-order chi connectivity index (χ0) is 16.0. The van der Waals surface area contributed by atoms with E-state index in [-0.39, 0.29) is 23.7 Å². The van der Waals surface area contributed by atoms with Crippen molar-refractivity contribution >= 4 is 5.97 Å². The summed E-state index contributed by atoms with van der Waals surface area (Å²) in [5.74, 6) is -0.382. The van der Waals surface area contributed by atoms with Gasteiger partial charge in [0.05, 0.1) is 14.2 Å². The van der Waals surface area contributed by atoms with Crippen molar-refractivity contribution in [3.05, 3.63) is 29.6 Å². The SMILES string of the molecule is CCC(C)C(NC(C)c1ccc(OC)c(F)c1)C(=O)OC. The summed E-state index contributed by atoms with van der Waals surface area (Å²) in [6.07, 6.45) is 0.844. The van der Waals surface area contributed by atoms with E-state index >= 15 is 0 Å².